The minimum Gasteiger partial charge on any atom is -0.309 e. The van der Waals surface area contributed by atoms with Crippen molar-refractivity contribution in [3.05, 3.63) is 47.3 Å². The smallest absolute Gasteiger partial charge is 0.148 e. The highest BCUT2D eigenvalue weighted by atomic mass is 35.5. The van der Waals surface area contributed by atoms with Crippen molar-refractivity contribution in [1.82, 2.24) is 14.9 Å². The summed E-state index contributed by atoms with van der Waals surface area (Å²) in [4.78, 5) is 4.22. The molecule has 1 N–H and O–H groups in total. The largest absolute Gasteiger partial charge is 0.309 e. The first-order chi connectivity index (χ1) is 8.58. The molecule has 0 amide bonds. The number of halogens is 2. The number of imidazole rings is 1. The Kier molecular flexibility index (Phi) is 3.99. The minimum atomic E-state index is -0.358. The molecule has 5 heteroatoms. The van der Waals surface area contributed by atoms with Crippen molar-refractivity contribution < 1.29 is 4.39 Å². The van der Waals surface area contributed by atoms with Crippen LogP contribution in [0.3, 0.4) is 0 Å². The lowest BCUT2D eigenvalue weighted by Crippen LogP contribution is -2.21. The van der Waals surface area contributed by atoms with E-state index < -0.39 is 0 Å². The number of benzene rings is 1. The molecule has 0 fully saturated rings. The van der Waals surface area contributed by atoms with Crippen molar-refractivity contribution >= 4 is 11.6 Å². The second-order valence-electron chi connectivity index (χ2n) is 4.38. The molecule has 1 aromatic heterocycles. The Balaban J connectivity index is 2.24. The summed E-state index contributed by atoms with van der Waals surface area (Å²) in [5, 5.41) is 3.62. The zero-order valence-corrected chi connectivity index (χ0v) is 11.1. The van der Waals surface area contributed by atoms with Gasteiger partial charge in [-0.25, -0.2) is 9.37 Å². The van der Waals surface area contributed by atoms with E-state index in [0.717, 1.165) is 5.69 Å². The summed E-state index contributed by atoms with van der Waals surface area (Å²) in [5.74, 6) is -0.358. The third-order valence-corrected chi connectivity index (χ3v) is 2.83. The highest BCUT2D eigenvalue weighted by Crippen LogP contribution is 2.23. The van der Waals surface area contributed by atoms with Crippen LogP contribution in [-0.2, 0) is 6.54 Å². The van der Waals surface area contributed by atoms with Crippen LogP contribution in [0.15, 0.2) is 30.7 Å². The first-order valence-corrected chi connectivity index (χ1v) is 6.16. The number of nitrogens with one attached hydrogen (secondary N) is 1. The van der Waals surface area contributed by atoms with E-state index in [0.29, 0.717) is 23.3 Å². The maximum Gasteiger partial charge on any atom is 0.148 e. The van der Waals surface area contributed by atoms with Gasteiger partial charge in [-0.2, -0.15) is 0 Å². The molecular formula is C13H15ClFN3. The van der Waals surface area contributed by atoms with E-state index in [1.165, 1.54) is 6.07 Å². The summed E-state index contributed by atoms with van der Waals surface area (Å²) in [6.07, 6.45) is 3.35. The van der Waals surface area contributed by atoms with Crippen LogP contribution in [0, 0.1) is 5.82 Å². The number of rotatable bonds is 4. The standard InChI is InChI=1S/C13H15ClFN3/c1-9(2)16-6-10-7-18(8-17-10)13-11(14)4-3-5-12(13)15/h3-5,7-9,16H,6H2,1-2H3. The van der Waals surface area contributed by atoms with E-state index in [1.54, 1.807) is 29.2 Å². The molecule has 0 atom stereocenters. The second kappa shape index (κ2) is 5.50. The second-order valence-corrected chi connectivity index (χ2v) is 4.79. The number of nitrogens with zero attached hydrogens (tertiary/aromatic N) is 2. The predicted octanol–water partition coefficient (Wildman–Crippen LogP) is 3.16. The molecule has 2 rings (SSSR count). The van der Waals surface area contributed by atoms with Crippen LogP contribution in [-0.4, -0.2) is 15.6 Å². The first kappa shape index (κ1) is 13.1. The van der Waals surface area contributed by atoms with E-state index >= 15 is 0 Å². The normalized spacial score (nSPS) is 11.2. The molecule has 0 saturated carbocycles. The molecule has 18 heavy (non-hydrogen) atoms. The number of hydrogen-bond donors (Lipinski definition) is 1. The summed E-state index contributed by atoms with van der Waals surface area (Å²) >= 11 is 6.00. The van der Waals surface area contributed by atoms with Crippen molar-refractivity contribution in [2.75, 3.05) is 0 Å². The van der Waals surface area contributed by atoms with Gasteiger partial charge in [0, 0.05) is 18.8 Å². The predicted molar refractivity (Wildman–Crippen MR) is 70.5 cm³/mol. The van der Waals surface area contributed by atoms with E-state index in [9.17, 15) is 4.39 Å². The van der Waals surface area contributed by atoms with Crippen LogP contribution < -0.4 is 5.32 Å². The molecule has 2 aromatic rings. The van der Waals surface area contributed by atoms with Crippen LogP contribution in [0.2, 0.25) is 5.02 Å². The molecule has 3 nitrogen and oxygen atoms in total. The van der Waals surface area contributed by atoms with E-state index in [4.69, 9.17) is 11.6 Å². The van der Waals surface area contributed by atoms with Crippen LogP contribution in [0.5, 0.6) is 0 Å². The molecule has 0 bridgehead atoms. The topological polar surface area (TPSA) is 29.9 Å². The Morgan fingerprint density at radius 3 is 2.89 bits per heavy atom. The summed E-state index contributed by atoms with van der Waals surface area (Å²) in [5.41, 5.74) is 1.19. The van der Waals surface area contributed by atoms with Crippen molar-refractivity contribution in [2.45, 2.75) is 26.4 Å². The molecule has 0 unspecified atom stereocenters. The van der Waals surface area contributed by atoms with Crippen molar-refractivity contribution in [1.29, 1.82) is 0 Å². The zero-order chi connectivity index (χ0) is 13.1. The fraction of sp³-hybridized carbons (Fsp3) is 0.308. The molecule has 0 aliphatic rings. The Hall–Kier alpha value is -1.39. The molecule has 0 aliphatic carbocycles. The van der Waals surface area contributed by atoms with Crippen LogP contribution >= 0.6 is 11.6 Å². The number of hydrogen-bond acceptors (Lipinski definition) is 2. The Morgan fingerprint density at radius 1 is 1.44 bits per heavy atom. The lowest BCUT2D eigenvalue weighted by Gasteiger charge is -2.06. The lowest BCUT2D eigenvalue weighted by atomic mass is 10.3. The van der Waals surface area contributed by atoms with E-state index in [1.807, 2.05) is 0 Å². The van der Waals surface area contributed by atoms with Gasteiger partial charge in [0.1, 0.15) is 11.5 Å². The fourth-order valence-electron chi connectivity index (χ4n) is 1.62. The van der Waals surface area contributed by atoms with Gasteiger partial charge in [0.15, 0.2) is 0 Å². The average Bonchev–Trinajstić information content (AvgIpc) is 2.75. The van der Waals surface area contributed by atoms with Gasteiger partial charge in [0.05, 0.1) is 17.0 Å². The van der Waals surface area contributed by atoms with E-state index in [-0.39, 0.29) is 5.82 Å². The first-order valence-electron chi connectivity index (χ1n) is 5.78. The van der Waals surface area contributed by atoms with Crippen molar-refractivity contribution in [3.8, 4) is 5.69 Å². The molecular weight excluding hydrogens is 253 g/mol. The monoisotopic (exact) mass is 267 g/mol. The van der Waals surface area contributed by atoms with Gasteiger partial charge in [0.2, 0.25) is 0 Å². The lowest BCUT2D eigenvalue weighted by molar-refractivity contribution is 0.582. The summed E-state index contributed by atoms with van der Waals surface area (Å²) in [7, 11) is 0. The number of para-hydroxylation sites is 1. The van der Waals surface area contributed by atoms with Gasteiger partial charge in [-0.3, -0.25) is 0 Å². The number of aromatic nitrogens is 2. The molecule has 0 aliphatic heterocycles. The minimum absolute atomic E-state index is 0.336. The van der Waals surface area contributed by atoms with Crippen molar-refractivity contribution in [2.24, 2.45) is 0 Å². The van der Waals surface area contributed by atoms with E-state index in [2.05, 4.69) is 24.1 Å². The van der Waals surface area contributed by atoms with Crippen LogP contribution in [0.25, 0.3) is 5.69 Å². The molecule has 0 spiro atoms. The SMILES string of the molecule is CC(C)NCc1cn(-c2c(F)cccc2Cl)cn1. The van der Waals surface area contributed by atoms with Crippen LogP contribution in [0.1, 0.15) is 19.5 Å². The highest BCUT2D eigenvalue weighted by Gasteiger charge is 2.10. The summed E-state index contributed by atoms with van der Waals surface area (Å²) in [6.45, 7) is 4.77. The van der Waals surface area contributed by atoms with Gasteiger partial charge in [-0.1, -0.05) is 31.5 Å². The summed E-state index contributed by atoms with van der Waals surface area (Å²) < 4.78 is 15.3. The molecule has 96 valence electrons. The van der Waals surface area contributed by atoms with Gasteiger partial charge in [-0.05, 0) is 12.1 Å². The quantitative estimate of drug-likeness (QED) is 0.922. The van der Waals surface area contributed by atoms with Gasteiger partial charge in [0.25, 0.3) is 0 Å². The fourth-order valence-corrected chi connectivity index (χ4v) is 1.88. The maximum atomic E-state index is 13.7. The molecule has 1 aromatic carbocycles. The van der Waals surface area contributed by atoms with Gasteiger partial charge < -0.3 is 9.88 Å². The Bertz CT molecular complexity index is 517. The maximum absolute atomic E-state index is 13.7. The third-order valence-electron chi connectivity index (χ3n) is 2.52. The average molecular weight is 268 g/mol. The third kappa shape index (κ3) is 2.89. The van der Waals surface area contributed by atoms with Gasteiger partial charge in [-0.15, -0.1) is 0 Å². The Labute approximate surface area is 111 Å². The molecule has 1 heterocycles. The van der Waals surface area contributed by atoms with Crippen LogP contribution in [0.4, 0.5) is 4.39 Å². The molecule has 0 saturated heterocycles. The van der Waals surface area contributed by atoms with Crippen molar-refractivity contribution in [3.63, 3.8) is 0 Å². The summed E-state index contributed by atoms with van der Waals surface area (Å²) in [6, 6.07) is 5.01. The Morgan fingerprint density at radius 2 is 2.22 bits per heavy atom. The van der Waals surface area contributed by atoms with Gasteiger partial charge >= 0.3 is 0 Å². The zero-order valence-electron chi connectivity index (χ0n) is 10.3. The molecule has 0 radical (unpaired) electrons. The highest BCUT2D eigenvalue weighted by molar-refractivity contribution is 6.32.